The fourth-order valence-corrected chi connectivity index (χ4v) is 1.56. The summed E-state index contributed by atoms with van der Waals surface area (Å²) < 4.78 is 5.21. The summed E-state index contributed by atoms with van der Waals surface area (Å²) in [5.74, 6) is 0. The lowest BCUT2D eigenvalue weighted by molar-refractivity contribution is 0.0503. The van der Waals surface area contributed by atoms with Crippen LogP contribution < -0.4 is 5.32 Å². The molecular weight excluding hydrogens is 266 g/mol. The number of carbonyl (C=O) groups is 1. The number of hydrogen-bond donors (Lipinski definition) is 1. The van der Waals surface area contributed by atoms with Crippen LogP contribution in [0, 0.1) is 0 Å². The Balaban J connectivity index is 2.78. The molecule has 1 rings (SSSR count). The molecule has 0 bridgehead atoms. The van der Waals surface area contributed by atoms with Crippen molar-refractivity contribution in [3.63, 3.8) is 0 Å². The summed E-state index contributed by atoms with van der Waals surface area (Å²) in [6, 6.07) is 1.26. The molecule has 1 aromatic heterocycles. The minimum absolute atomic E-state index is 0.324. The third-order valence-electron chi connectivity index (χ3n) is 2.11. The Morgan fingerprint density at radius 3 is 2.79 bits per heavy atom. The van der Waals surface area contributed by atoms with Crippen LogP contribution in [0.15, 0.2) is 25.0 Å². The molecule has 0 aromatic carbocycles. The summed E-state index contributed by atoms with van der Waals surface area (Å²) in [6.07, 6.45) is 3.06. The molecule has 0 saturated carbocycles. The van der Waals surface area contributed by atoms with E-state index in [-0.39, 0.29) is 6.04 Å². The van der Waals surface area contributed by atoms with Gasteiger partial charge in [0.15, 0.2) is 0 Å². The molecule has 1 heterocycles. The van der Waals surface area contributed by atoms with Crippen molar-refractivity contribution in [3.8, 4) is 0 Å². The zero-order valence-electron chi connectivity index (χ0n) is 11.3. The van der Waals surface area contributed by atoms with E-state index < -0.39 is 11.7 Å². The van der Waals surface area contributed by atoms with Crippen LogP contribution >= 0.6 is 11.6 Å². The zero-order valence-corrected chi connectivity index (χ0v) is 12.1. The van der Waals surface area contributed by atoms with E-state index in [1.54, 1.807) is 32.9 Å². The van der Waals surface area contributed by atoms with Gasteiger partial charge in [-0.2, -0.15) is 0 Å². The third-order valence-corrected chi connectivity index (χ3v) is 2.31. The first-order chi connectivity index (χ1) is 8.81. The quantitative estimate of drug-likeness (QED) is 0.680. The van der Waals surface area contributed by atoms with E-state index >= 15 is 0 Å². The van der Waals surface area contributed by atoms with Crippen LogP contribution in [0.2, 0.25) is 5.15 Å². The molecule has 0 aliphatic rings. The monoisotopic (exact) mass is 283 g/mol. The molecule has 0 spiro atoms. The van der Waals surface area contributed by atoms with Crippen LogP contribution in [-0.4, -0.2) is 21.7 Å². The summed E-state index contributed by atoms with van der Waals surface area (Å²) in [5.41, 5.74) is 0.0670. The van der Waals surface area contributed by atoms with Gasteiger partial charge in [0.25, 0.3) is 0 Å². The number of carbonyl (C=O) groups excluding carboxylic acids is 1. The number of alkyl carbamates (subject to hydrolysis) is 1. The maximum Gasteiger partial charge on any atom is 0.408 e. The molecule has 0 radical (unpaired) electrons. The zero-order chi connectivity index (χ0) is 14.5. The molecule has 0 unspecified atom stereocenters. The summed E-state index contributed by atoms with van der Waals surface area (Å²) in [4.78, 5) is 19.7. The number of hydrogen-bond acceptors (Lipinski definition) is 4. The lowest BCUT2D eigenvalue weighted by Crippen LogP contribution is -2.35. The standard InChI is InChI=1S/C13H18ClN3O2/c1-5-6-9(10-7-11(14)16-8-15-10)17-12(18)19-13(2,3)4/h5,7-9H,1,6H2,2-4H3,(H,17,18)/t9-/m0/s1. The lowest BCUT2D eigenvalue weighted by atomic mass is 10.1. The number of aromatic nitrogens is 2. The van der Waals surface area contributed by atoms with Crippen LogP contribution in [0.5, 0.6) is 0 Å². The Kier molecular flexibility index (Phi) is 5.30. The smallest absolute Gasteiger partial charge is 0.408 e. The van der Waals surface area contributed by atoms with E-state index in [0.29, 0.717) is 17.3 Å². The fraction of sp³-hybridized carbons (Fsp3) is 0.462. The van der Waals surface area contributed by atoms with Gasteiger partial charge in [-0.3, -0.25) is 0 Å². The number of nitrogens with zero attached hydrogens (tertiary/aromatic N) is 2. The highest BCUT2D eigenvalue weighted by Crippen LogP contribution is 2.18. The highest BCUT2D eigenvalue weighted by atomic mass is 35.5. The predicted molar refractivity (Wildman–Crippen MR) is 74.0 cm³/mol. The van der Waals surface area contributed by atoms with E-state index in [0.717, 1.165) is 0 Å². The van der Waals surface area contributed by atoms with Crippen molar-refractivity contribution in [2.45, 2.75) is 38.8 Å². The molecule has 0 fully saturated rings. The third kappa shape index (κ3) is 5.70. The predicted octanol–water partition coefficient (Wildman–Crippen LogP) is 3.27. The van der Waals surface area contributed by atoms with Gasteiger partial charge < -0.3 is 10.1 Å². The number of halogens is 1. The molecule has 1 N–H and O–H groups in total. The number of rotatable bonds is 4. The summed E-state index contributed by atoms with van der Waals surface area (Å²) >= 11 is 5.81. The Morgan fingerprint density at radius 2 is 2.26 bits per heavy atom. The van der Waals surface area contributed by atoms with Crippen LogP contribution in [-0.2, 0) is 4.74 Å². The van der Waals surface area contributed by atoms with Crippen LogP contribution in [0.4, 0.5) is 4.79 Å². The molecule has 1 amide bonds. The maximum absolute atomic E-state index is 11.8. The van der Waals surface area contributed by atoms with Crippen LogP contribution in [0.1, 0.15) is 38.9 Å². The van der Waals surface area contributed by atoms with Gasteiger partial charge in [0.05, 0.1) is 11.7 Å². The number of amides is 1. The van der Waals surface area contributed by atoms with E-state index in [1.807, 2.05) is 0 Å². The van der Waals surface area contributed by atoms with E-state index in [9.17, 15) is 4.79 Å². The van der Waals surface area contributed by atoms with E-state index in [1.165, 1.54) is 6.33 Å². The average Bonchev–Trinajstić information content (AvgIpc) is 2.26. The second-order valence-electron chi connectivity index (χ2n) is 4.99. The second-order valence-corrected chi connectivity index (χ2v) is 5.38. The Bertz CT molecular complexity index is 457. The summed E-state index contributed by atoms with van der Waals surface area (Å²) in [7, 11) is 0. The first-order valence-corrected chi connectivity index (χ1v) is 6.27. The van der Waals surface area contributed by atoms with Crippen molar-refractivity contribution >= 4 is 17.7 Å². The SMILES string of the molecule is C=CC[C@H](NC(=O)OC(C)(C)C)c1cc(Cl)ncn1. The van der Waals surface area contributed by atoms with Crippen molar-refractivity contribution < 1.29 is 9.53 Å². The van der Waals surface area contributed by atoms with Crippen LogP contribution in [0.25, 0.3) is 0 Å². The van der Waals surface area contributed by atoms with E-state index in [2.05, 4.69) is 21.9 Å². The largest absolute Gasteiger partial charge is 0.444 e. The Hall–Kier alpha value is -1.62. The average molecular weight is 284 g/mol. The summed E-state index contributed by atoms with van der Waals surface area (Å²) in [5, 5.41) is 3.06. The second kappa shape index (κ2) is 6.52. The fourth-order valence-electron chi connectivity index (χ4n) is 1.41. The molecule has 0 saturated heterocycles. The van der Waals surface area contributed by atoms with Crippen molar-refractivity contribution in [3.05, 3.63) is 35.9 Å². The van der Waals surface area contributed by atoms with Gasteiger partial charge in [-0.1, -0.05) is 17.7 Å². The van der Waals surface area contributed by atoms with Crippen molar-refractivity contribution in [2.24, 2.45) is 0 Å². The van der Waals surface area contributed by atoms with Crippen LogP contribution in [0.3, 0.4) is 0 Å². The Morgan fingerprint density at radius 1 is 1.58 bits per heavy atom. The van der Waals surface area contributed by atoms with Gasteiger partial charge >= 0.3 is 6.09 Å². The molecule has 19 heavy (non-hydrogen) atoms. The van der Waals surface area contributed by atoms with Gasteiger partial charge in [0.2, 0.25) is 0 Å². The summed E-state index contributed by atoms with van der Waals surface area (Å²) in [6.45, 7) is 9.07. The number of ether oxygens (including phenoxy) is 1. The van der Waals surface area contributed by atoms with Gasteiger partial charge in [-0.15, -0.1) is 6.58 Å². The van der Waals surface area contributed by atoms with Gasteiger partial charge in [-0.25, -0.2) is 14.8 Å². The van der Waals surface area contributed by atoms with Gasteiger partial charge in [0, 0.05) is 0 Å². The first kappa shape index (κ1) is 15.4. The molecular formula is C13H18ClN3O2. The maximum atomic E-state index is 11.8. The molecule has 1 aromatic rings. The van der Waals surface area contributed by atoms with Crippen molar-refractivity contribution in [1.82, 2.24) is 15.3 Å². The molecule has 1 atom stereocenters. The normalized spacial score (nSPS) is 12.6. The first-order valence-electron chi connectivity index (χ1n) is 5.89. The Labute approximate surface area is 118 Å². The van der Waals surface area contributed by atoms with Crippen molar-refractivity contribution in [2.75, 3.05) is 0 Å². The topological polar surface area (TPSA) is 64.1 Å². The molecule has 6 heteroatoms. The molecule has 0 aliphatic heterocycles. The minimum Gasteiger partial charge on any atom is -0.444 e. The highest BCUT2D eigenvalue weighted by molar-refractivity contribution is 6.29. The van der Waals surface area contributed by atoms with Crippen molar-refractivity contribution in [1.29, 1.82) is 0 Å². The number of nitrogens with one attached hydrogen (secondary N) is 1. The molecule has 5 nitrogen and oxygen atoms in total. The highest BCUT2D eigenvalue weighted by Gasteiger charge is 2.20. The minimum atomic E-state index is -0.549. The van der Waals surface area contributed by atoms with E-state index in [4.69, 9.17) is 16.3 Å². The molecule has 0 aliphatic carbocycles. The van der Waals surface area contributed by atoms with Gasteiger partial charge in [-0.05, 0) is 33.3 Å². The lowest BCUT2D eigenvalue weighted by Gasteiger charge is -2.22. The van der Waals surface area contributed by atoms with Gasteiger partial charge in [0.1, 0.15) is 17.1 Å². The molecule has 104 valence electrons.